The van der Waals surface area contributed by atoms with Gasteiger partial charge in [-0.25, -0.2) is 9.97 Å². The largest absolute Gasteiger partial charge is 0.359 e. The maximum atomic E-state index is 5.55. The van der Waals surface area contributed by atoms with E-state index in [0.717, 1.165) is 46.2 Å². The van der Waals surface area contributed by atoms with Crippen molar-refractivity contribution < 1.29 is 4.52 Å². The fourth-order valence-electron chi connectivity index (χ4n) is 3.41. The van der Waals surface area contributed by atoms with E-state index in [1.54, 1.807) is 18.6 Å². The second-order valence-electron chi connectivity index (χ2n) is 6.47. The van der Waals surface area contributed by atoms with E-state index < -0.39 is 0 Å². The van der Waals surface area contributed by atoms with Crippen molar-refractivity contribution in [2.24, 2.45) is 0 Å². The van der Waals surface area contributed by atoms with Gasteiger partial charge < -0.3 is 13.7 Å². The minimum atomic E-state index is 0.523. The van der Waals surface area contributed by atoms with Crippen LogP contribution in [0.2, 0.25) is 0 Å². The molecule has 0 bridgehead atoms. The summed E-state index contributed by atoms with van der Waals surface area (Å²) in [6, 6.07) is 13.9. The lowest BCUT2D eigenvalue weighted by Crippen LogP contribution is -2.05. The number of aromatic nitrogens is 6. The van der Waals surface area contributed by atoms with Crippen LogP contribution >= 0.6 is 0 Å². The van der Waals surface area contributed by atoms with E-state index in [0.29, 0.717) is 6.54 Å². The molecular formula is C21H18N6O. The molecule has 0 N–H and O–H groups in total. The van der Waals surface area contributed by atoms with Crippen LogP contribution in [-0.4, -0.2) is 29.2 Å². The summed E-state index contributed by atoms with van der Waals surface area (Å²) in [4.78, 5) is 13.5. The van der Waals surface area contributed by atoms with E-state index >= 15 is 0 Å². The topological polar surface area (TPSA) is 74.6 Å². The molecular weight excluding hydrogens is 352 g/mol. The van der Waals surface area contributed by atoms with E-state index in [9.17, 15) is 0 Å². The van der Waals surface area contributed by atoms with Crippen molar-refractivity contribution in [2.45, 2.75) is 20.0 Å². The van der Waals surface area contributed by atoms with Gasteiger partial charge in [-0.15, -0.1) is 0 Å². The Bertz CT molecular complexity index is 1230. The van der Waals surface area contributed by atoms with Crippen LogP contribution in [-0.2, 0) is 13.1 Å². The molecule has 5 aromatic rings. The van der Waals surface area contributed by atoms with Crippen LogP contribution in [0.3, 0.4) is 0 Å². The van der Waals surface area contributed by atoms with Crippen LogP contribution in [0.5, 0.6) is 0 Å². The smallest absolute Gasteiger partial charge is 0.177 e. The lowest BCUT2D eigenvalue weighted by molar-refractivity contribution is 0.378. The van der Waals surface area contributed by atoms with Crippen LogP contribution in [0.15, 0.2) is 71.8 Å². The van der Waals surface area contributed by atoms with Gasteiger partial charge in [-0.3, -0.25) is 4.98 Å². The molecule has 0 amide bonds. The van der Waals surface area contributed by atoms with Gasteiger partial charge in [0.1, 0.15) is 5.69 Å². The molecule has 5 rings (SSSR count). The van der Waals surface area contributed by atoms with Gasteiger partial charge in [0.15, 0.2) is 17.4 Å². The molecule has 0 saturated heterocycles. The Morgan fingerprint density at radius 3 is 2.82 bits per heavy atom. The molecule has 0 saturated carbocycles. The normalized spacial score (nSPS) is 11.3. The zero-order chi connectivity index (χ0) is 18.9. The number of rotatable bonds is 5. The van der Waals surface area contributed by atoms with Crippen LogP contribution in [0.1, 0.15) is 12.7 Å². The van der Waals surface area contributed by atoms with Crippen molar-refractivity contribution >= 4 is 11.0 Å². The molecule has 1 aromatic carbocycles. The molecule has 0 aliphatic heterocycles. The lowest BCUT2D eigenvalue weighted by atomic mass is 10.2. The number of nitrogens with zero attached hydrogens (tertiary/aromatic N) is 6. The Kier molecular flexibility index (Phi) is 3.97. The molecule has 0 spiro atoms. The number of pyridine rings is 1. The first-order chi connectivity index (χ1) is 13.8. The van der Waals surface area contributed by atoms with Crippen LogP contribution in [0, 0.1) is 0 Å². The van der Waals surface area contributed by atoms with E-state index in [4.69, 9.17) is 9.51 Å². The molecule has 138 valence electrons. The van der Waals surface area contributed by atoms with Gasteiger partial charge in [0.25, 0.3) is 0 Å². The quantitative estimate of drug-likeness (QED) is 0.467. The van der Waals surface area contributed by atoms with E-state index in [-0.39, 0.29) is 0 Å². The van der Waals surface area contributed by atoms with E-state index in [1.165, 1.54) is 0 Å². The standard InChI is InChI=1S/C21H18N6O/c1-2-27-19-8-4-3-7-17(19)24-21(27)20-23-10-11-26(20)14-16-12-18(25-28-16)15-6-5-9-22-13-15/h3-13H,2,14H2,1H3. The van der Waals surface area contributed by atoms with Gasteiger partial charge in [0, 0.05) is 43.0 Å². The monoisotopic (exact) mass is 370 g/mol. The summed E-state index contributed by atoms with van der Waals surface area (Å²) >= 11 is 0. The van der Waals surface area contributed by atoms with Crippen molar-refractivity contribution in [2.75, 3.05) is 0 Å². The van der Waals surface area contributed by atoms with Crippen molar-refractivity contribution in [3.8, 4) is 22.9 Å². The fraction of sp³-hybridized carbons (Fsp3) is 0.143. The second kappa shape index (κ2) is 6.77. The Labute approximate surface area is 161 Å². The number of fused-ring (bicyclic) bond motifs is 1. The minimum Gasteiger partial charge on any atom is -0.359 e. The molecule has 7 nitrogen and oxygen atoms in total. The van der Waals surface area contributed by atoms with Crippen molar-refractivity contribution in [1.82, 2.24) is 29.2 Å². The minimum absolute atomic E-state index is 0.523. The van der Waals surface area contributed by atoms with Crippen LogP contribution in [0.4, 0.5) is 0 Å². The van der Waals surface area contributed by atoms with Gasteiger partial charge in [0.05, 0.1) is 17.6 Å². The van der Waals surface area contributed by atoms with Crippen molar-refractivity contribution in [3.05, 3.63) is 73.0 Å². The molecule has 0 fully saturated rings. The van der Waals surface area contributed by atoms with Gasteiger partial charge in [-0.05, 0) is 31.2 Å². The summed E-state index contributed by atoms with van der Waals surface area (Å²) in [6.45, 7) is 3.45. The van der Waals surface area contributed by atoms with Gasteiger partial charge in [-0.1, -0.05) is 17.3 Å². The molecule has 7 heteroatoms. The first-order valence-corrected chi connectivity index (χ1v) is 9.16. The molecule has 4 aromatic heterocycles. The fourth-order valence-corrected chi connectivity index (χ4v) is 3.41. The highest BCUT2D eigenvalue weighted by Gasteiger charge is 2.17. The predicted octanol–water partition coefficient (Wildman–Crippen LogP) is 4.02. The number of hydrogen-bond donors (Lipinski definition) is 0. The van der Waals surface area contributed by atoms with Crippen molar-refractivity contribution in [3.63, 3.8) is 0 Å². The molecule has 28 heavy (non-hydrogen) atoms. The summed E-state index contributed by atoms with van der Waals surface area (Å²) in [5.41, 5.74) is 3.77. The number of imidazole rings is 2. The highest BCUT2D eigenvalue weighted by atomic mass is 16.5. The van der Waals surface area contributed by atoms with Gasteiger partial charge in [-0.2, -0.15) is 0 Å². The Morgan fingerprint density at radius 1 is 1.04 bits per heavy atom. The summed E-state index contributed by atoms with van der Waals surface area (Å²) in [7, 11) is 0. The molecule has 4 heterocycles. The van der Waals surface area contributed by atoms with Crippen molar-refractivity contribution in [1.29, 1.82) is 0 Å². The summed E-state index contributed by atoms with van der Waals surface area (Å²) in [5.74, 6) is 2.40. The third-order valence-corrected chi connectivity index (χ3v) is 4.73. The number of aryl methyl sites for hydroxylation is 1. The van der Waals surface area contributed by atoms with Crippen LogP contribution < -0.4 is 0 Å². The summed E-state index contributed by atoms with van der Waals surface area (Å²) in [5, 5.41) is 4.17. The molecule has 0 aliphatic carbocycles. The first-order valence-electron chi connectivity index (χ1n) is 9.16. The number of benzene rings is 1. The highest BCUT2D eigenvalue weighted by Crippen LogP contribution is 2.25. The lowest BCUT2D eigenvalue weighted by Gasteiger charge is -2.08. The summed E-state index contributed by atoms with van der Waals surface area (Å²) in [6.07, 6.45) is 7.23. The first kappa shape index (κ1) is 16.4. The van der Waals surface area contributed by atoms with Gasteiger partial charge >= 0.3 is 0 Å². The second-order valence-corrected chi connectivity index (χ2v) is 6.47. The Balaban J connectivity index is 1.50. The average Bonchev–Trinajstić information content (AvgIpc) is 3.47. The van der Waals surface area contributed by atoms with E-state index in [2.05, 4.69) is 32.7 Å². The molecule has 0 aliphatic rings. The maximum Gasteiger partial charge on any atom is 0.177 e. The Hall–Kier alpha value is -3.74. The predicted molar refractivity (Wildman–Crippen MR) is 105 cm³/mol. The summed E-state index contributed by atoms with van der Waals surface area (Å²) < 4.78 is 9.75. The highest BCUT2D eigenvalue weighted by molar-refractivity contribution is 5.79. The number of hydrogen-bond acceptors (Lipinski definition) is 5. The SMILES string of the molecule is CCn1c(-c2nccn2Cc2cc(-c3cccnc3)no2)nc2ccccc21. The van der Waals surface area contributed by atoms with Gasteiger partial charge in [0.2, 0.25) is 0 Å². The molecule has 0 radical (unpaired) electrons. The van der Waals surface area contributed by atoms with E-state index in [1.807, 2.05) is 47.2 Å². The number of para-hydroxylation sites is 2. The maximum absolute atomic E-state index is 5.55. The zero-order valence-electron chi connectivity index (χ0n) is 15.4. The average molecular weight is 370 g/mol. The molecule has 0 unspecified atom stereocenters. The Morgan fingerprint density at radius 2 is 1.96 bits per heavy atom. The third kappa shape index (κ3) is 2.77. The van der Waals surface area contributed by atoms with Crippen LogP contribution in [0.25, 0.3) is 33.9 Å². The third-order valence-electron chi connectivity index (χ3n) is 4.73. The zero-order valence-corrected chi connectivity index (χ0v) is 15.4. The molecule has 0 atom stereocenters.